The fourth-order valence-corrected chi connectivity index (χ4v) is 1.69. The first kappa shape index (κ1) is 9.79. The molecule has 0 saturated heterocycles. The summed E-state index contributed by atoms with van der Waals surface area (Å²) in [7, 11) is 0. The van der Waals surface area contributed by atoms with Crippen molar-refractivity contribution in [3.05, 3.63) is 11.6 Å². The van der Waals surface area contributed by atoms with Crippen LogP contribution in [0.15, 0.2) is 11.6 Å². The fourth-order valence-electron chi connectivity index (χ4n) is 1.69. The van der Waals surface area contributed by atoms with Gasteiger partial charge in [-0.25, -0.2) is 0 Å². The number of aliphatic hydroxyl groups is 1. The van der Waals surface area contributed by atoms with Crippen molar-refractivity contribution in [2.45, 2.75) is 52.1 Å². The molecule has 0 aromatic carbocycles. The van der Waals surface area contributed by atoms with Crippen molar-refractivity contribution >= 4 is 0 Å². The lowest BCUT2D eigenvalue weighted by Gasteiger charge is -2.15. The normalized spacial score (nSPS) is 33.1. The van der Waals surface area contributed by atoms with Gasteiger partial charge in [-0.2, -0.15) is 0 Å². The van der Waals surface area contributed by atoms with Crippen LogP contribution in [0.25, 0.3) is 0 Å². The van der Waals surface area contributed by atoms with Crippen LogP contribution in [-0.4, -0.2) is 11.2 Å². The first-order valence-corrected chi connectivity index (χ1v) is 5.04. The van der Waals surface area contributed by atoms with E-state index in [1.165, 1.54) is 24.8 Å². The molecular weight excluding hydrogens is 148 g/mol. The van der Waals surface area contributed by atoms with Crippen LogP contribution in [-0.2, 0) is 0 Å². The van der Waals surface area contributed by atoms with E-state index in [-0.39, 0.29) is 6.10 Å². The molecule has 1 rings (SSSR count). The van der Waals surface area contributed by atoms with E-state index in [1.807, 2.05) is 0 Å². The third-order valence-corrected chi connectivity index (χ3v) is 2.82. The molecule has 0 aromatic rings. The van der Waals surface area contributed by atoms with Gasteiger partial charge in [-0.1, -0.05) is 25.0 Å². The fraction of sp³-hybridized carbons (Fsp3) is 0.818. The van der Waals surface area contributed by atoms with Crippen LogP contribution in [0, 0.1) is 5.92 Å². The molecule has 1 aliphatic rings. The molecule has 0 spiro atoms. The second-order valence-electron chi connectivity index (χ2n) is 4.08. The molecule has 0 bridgehead atoms. The molecule has 2 atom stereocenters. The van der Waals surface area contributed by atoms with Gasteiger partial charge >= 0.3 is 0 Å². The predicted molar refractivity (Wildman–Crippen MR) is 52.0 cm³/mol. The first-order valence-electron chi connectivity index (χ1n) is 5.04. The number of rotatable bonds is 0. The van der Waals surface area contributed by atoms with Crippen LogP contribution >= 0.6 is 0 Å². The van der Waals surface area contributed by atoms with Crippen LogP contribution in [0.3, 0.4) is 0 Å². The second kappa shape index (κ2) is 4.66. The first-order chi connectivity index (χ1) is 5.70. The Bertz CT molecular complexity index is 160. The van der Waals surface area contributed by atoms with Crippen LogP contribution in [0.1, 0.15) is 46.0 Å². The van der Waals surface area contributed by atoms with Crippen molar-refractivity contribution in [2.75, 3.05) is 0 Å². The highest BCUT2D eigenvalue weighted by atomic mass is 16.3. The standard InChI is InChI=1S/C11H20O/c1-9-5-3-4-6-11(12)10(2)8-7-9/h7,10-12H,3-6,8H2,1-2H3. The van der Waals surface area contributed by atoms with Crippen molar-refractivity contribution in [3.63, 3.8) is 0 Å². The van der Waals surface area contributed by atoms with E-state index in [0.29, 0.717) is 5.92 Å². The predicted octanol–water partition coefficient (Wildman–Crippen LogP) is 2.89. The highest BCUT2D eigenvalue weighted by Gasteiger charge is 2.13. The summed E-state index contributed by atoms with van der Waals surface area (Å²) in [5.41, 5.74) is 1.50. The van der Waals surface area contributed by atoms with Gasteiger partial charge in [-0.05, 0) is 38.5 Å². The Morgan fingerprint density at radius 3 is 2.92 bits per heavy atom. The third kappa shape index (κ3) is 2.98. The maximum Gasteiger partial charge on any atom is 0.0568 e. The lowest BCUT2D eigenvalue weighted by atomic mass is 9.97. The maximum absolute atomic E-state index is 9.66. The molecule has 0 heterocycles. The van der Waals surface area contributed by atoms with E-state index in [1.54, 1.807) is 0 Å². The Morgan fingerprint density at radius 1 is 1.42 bits per heavy atom. The van der Waals surface area contributed by atoms with Crippen molar-refractivity contribution < 1.29 is 5.11 Å². The van der Waals surface area contributed by atoms with E-state index in [4.69, 9.17) is 0 Å². The minimum atomic E-state index is -0.0767. The summed E-state index contributed by atoms with van der Waals surface area (Å²) in [4.78, 5) is 0. The summed E-state index contributed by atoms with van der Waals surface area (Å²) in [6, 6.07) is 0. The Hall–Kier alpha value is -0.300. The zero-order valence-corrected chi connectivity index (χ0v) is 8.21. The second-order valence-corrected chi connectivity index (χ2v) is 4.08. The maximum atomic E-state index is 9.66. The average molecular weight is 168 g/mol. The Balaban J connectivity index is 2.51. The van der Waals surface area contributed by atoms with Gasteiger partial charge in [0.05, 0.1) is 6.10 Å². The lowest BCUT2D eigenvalue weighted by Crippen LogP contribution is -2.16. The summed E-state index contributed by atoms with van der Waals surface area (Å²) in [5.74, 6) is 0.443. The zero-order chi connectivity index (χ0) is 8.97. The summed E-state index contributed by atoms with van der Waals surface area (Å²) in [5, 5.41) is 9.66. The Morgan fingerprint density at radius 2 is 2.17 bits per heavy atom. The molecule has 70 valence electrons. The molecule has 2 unspecified atom stereocenters. The van der Waals surface area contributed by atoms with Crippen molar-refractivity contribution in [1.29, 1.82) is 0 Å². The average Bonchev–Trinajstić information content (AvgIpc) is 2.11. The minimum absolute atomic E-state index is 0.0767. The van der Waals surface area contributed by atoms with E-state index in [9.17, 15) is 5.11 Å². The van der Waals surface area contributed by atoms with Crippen LogP contribution in [0.2, 0.25) is 0 Å². The van der Waals surface area contributed by atoms with Gasteiger partial charge in [0.25, 0.3) is 0 Å². The number of hydrogen-bond donors (Lipinski definition) is 1. The summed E-state index contributed by atoms with van der Waals surface area (Å²) >= 11 is 0. The van der Waals surface area contributed by atoms with Gasteiger partial charge < -0.3 is 5.11 Å². The number of hydrogen-bond acceptors (Lipinski definition) is 1. The molecule has 0 fully saturated rings. The summed E-state index contributed by atoms with van der Waals surface area (Å²) in [6.45, 7) is 4.34. The van der Waals surface area contributed by atoms with Crippen LogP contribution in [0.4, 0.5) is 0 Å². The number of aliphatic hydroxyl groups excluding tert-OH is 1. The SMILES string of the molecule is CC1=CCC(C)C(O)CCCC1. The molecule has 12 heavy (non-hydrogen) atoms. The molecule has 0 aliphatic heterocycles. The molecule has 1 N–H and O–H groups in total. The van der Waals surface area contributed by atoms with Gasteiger partial charge in [-0.15, -0.1) is 0 Å². The van der Waals surface area contributed by atoms with E-state index >= 15 is 0 Å². The van der Waals surface area contributed by atoms with E-state index < -0.39 is 0 Å². The number of allylic oxidation sites excluding steroid dienone is 2. The van der Waals surface area contributed by atoms with Crippen LogP contribution in [0.5, 0.6) is 0 Å². The molecule has 1 nitrogen and oxygen atoms in total. The lowest BCUT2D eigenvalue weighted by molar-refractivity contribution is 0.107. The molecule has 0 saturated carbocycles. The molecule has 0 radical (unpaired) electrons. The van der Waals surface area contributed by atoms with Crippen LogP contribution < -0.4 is 0 Å². The van der Waals surface area contributed by atoms with Gasteiger partial charge in [0.1, 0.15) is 0 Å². The smallest absolute Gasteiger partial charge is 0.0568 e. The Labute approximate surface area is 75.5 Å². The zero-order valence-electron chi connectivity index (χ0n) is 8.21. The van der Waals surface area contributed by atoms with Crippen molar-refractivity contribution in [3.8, 4) is 0 Å². The molecular formula is C11H20O. The van der Waals surface area contributed by atoms with Crippen molar-refractivity contribution in [1.82, 2.24) is 0 Å². The monoisotopic (exact) mass is 168 g/mol. The van der Waals surface area contributed by atoms with Crippen molar-refractivity contribution in [2.24, 2.45) is 5.92 Å². The van der Waals surface area contributed by atoms with Gasteiger partial charge in [0.15, 0.2) is 0 Å². The summed E-state index contributed by atoms with van der Waals surface area (Å²) in [6.07, 6.45) is 7.89. The topological polar surface area (TPSA) is 20.2 Å². The largest absolute Gasteiger partial charge is 0.393 e. The summed E-state index contributed by atoms with van der Waals surface area (Å²) < 4.78 is 0. The van der Waals surface area contributed by atoms with E-state index in [2.05, 4.69) is 19.9 Å². The van der Waals surface area contributed by atoms with Gasteiger partial charge in [-0.3, -0.25) is 0 Å². The van der Waals surface area contributed by atoms with Gasteiger partial charge in [0.2, 0.25) is 0 Å². The van der Waals surface area contributed by atoms with E-state index in [0.717, 1.165) is 12.8 Å². The van der Waals surface area contributed by atoms with Gasteiger partial charge in [0, 0.05) is 0 Å². The quantitative estimate of drug-likeness (QED) is 0.551. The molecule has 0 aromatic heterocycles. The Kier molecular flexibility index (Phi) is 3.80. The molecule has 1 heteroatoms. The molecule has 1 aliphatic carbocycles. The highest BCUT2D eigenvalue weighted by molar-refractivity contribution is 4.99. The minimum Gasteiger partial charge on any atom is -0.393 e. The third-order valence-electron chi connectivity index (χ3n) is 2.82. The highest BCUT2D eigenvalue weighted by Crippen LogP contribution is 2.20. The molecule has 0 amide bonds.